The molecule has 1 heterocycles. The predicted octanol–water partition coefficient (Wildman–Crippen LogP) is 1.66. The molecule has 1 rings (SSSR count). The maximum absolute atomic E-state index is 11.9. The molecule has 0 aromatic carbocycles. The number of hydrogen-bond donors (Lipinski definition) is 0. The maximum Gasteiger partial charge on any atom is 0.410 e. The molecule has 1 aliphatic heterocycles. The lowest BCUT2D eigenvalue weighted by Crippen LogP contribution is -2.50. The van der Waals surface area contributed by atoms with E-state index in [0.29, 0.717) is 44.9 Å². The number of carbonyl (C=O) groups excluding carboxylic acids is 2. The van der Waals surface area contributed by atoms with E-state index in [2.05, 4.69) is 11.5 Å². The lowest BCUT2D eigenvalue weighted by molar-refractivity contribution is -0.138. The van der Waals surface area contributed by atoms with Crippen LogP contribution in [0, 0.1) is 0 Å². The molecule has 21 heavy (non-hydrogen) atoms. The Morgan fingerprint density at radius 2 is 1.71 bits per heavy atom. The largest absolute Gasteiger partial charge is 0.463 e. The fourth-order valence-electron chi connectivity index (χ4n) is 1.98. The van der Waals surface area contributed by atoms with E-state index >= 15 is 0 Å². The molecule has 120 valence electrons. The van der Waals surface area contributed by atoms with E-state index in [9.17, 15) is 9.59 Å². The van der Waals surface area contributed by atoms with Crippen LogP contribution in [-0.4, -0.2) is 66.8 Å². The third kappa shape index (κ3) is 6.16. The minimum Gasteiger partial charge on any atom is -0.463 e. The zero-order valence-electron chi connectivity index (χ0n) is 13.5. The van der Waals surface area contributed by atoms with Gasteiger partial charge in [-0.1, -0.05) is 6.58 Å². The van der Waals surface area contributed by atoms with Crippen molar-refractivity contribution < 1.29 is 19.1 Å². The molecular weight excluding hydrogens is 272 g/mol. The van der Waals surface area contributed by atoms with Crippen LogP contribution >= 0.6 is 0 Å². The number of amides is 1. The number of hydrogen-bond acceptors (Lipinski definition) is 5. The smallest absolute Gasteiger partial charge is 0.410 e. The van der Waals surface area contributed by atoms with Crippen LogP contribution in [0.3, 0.4) is 0 Å². The second kappa shape index (κ2) is 7.45. The highest BCUT2D eigenvalue weighted by Crippen LogP contribution is 2.12. The topological polar surface area (TPSA) is 59.1 Å². The predicted molar refractivity (Wildman–Crippen MR) is 80.0 cm³/mol. The van der Waals surface area contributed by atoms with Crippen LogP contribution < -0.4 is 0 Å². The van der Waals surface area contributed by atoms with E-state index < -0.39 is 5.60 Å². The Balaban J connectivity index is 2.37. The van der Waals surface area contributed by atoms with Gasteiger partial charge in [-0.2, -0.15) is 0 Å². The molecule has 0 unspecified atom stereocenters. The monoisotopic (exact) mass is 298 g/mol. The lowest BCUT2D eigenvalue weighted by atomic mass is 10.2. The van der Waals surface area contributed by atoms with Gasteiger partial charge in [-0.15, -0.1) is 0 Å². The molecular formula is C15H26N2O4. The van der Waals surface area contributed by atoms with Crippen molar-refractivity contribution >= 4 is 12.1 Å². The second-order valence-electron chi connectivity index (χ2n) is 6.07. The Hall–Kier alpha value is -1.56. The van der Waals surface area contributed by atoms with Crippen LogP contribution in [0.25, 0.3) is 0 Å². The van der Waals surface area contributed by atoms with Crippen molar-refractivity contribution in [3.8, 4) is 0 Å². The molecule has 0 spiro atoms. The highest BCUT2D eigenvalue weighted by atomic mass is 16.6. The van der Waals surface area contributed by atoms with Crippen LogP contribution in [-0.2, 0) is 14.3 Å². The van der Waals surface area contributed by atoms with Gasteiger partial charge in [-0.25, -0.2) is 9.59 Å². The summed E-state index contributed by atoms with van der Waals surface area (Å²) in [5.74, 6) is -0.355. The average Bonchev–Trinajstić information content (AvgIpc) is 2.37. The van der Waals surface area contributed by atoms with Crippen molar-refractivity contribution in [2.75, 3.05) is 39.3 Å². The highest BCUT2D eigenvalue weighted by molar-refractivity contribution is 5.88. The van der Waals surface area contributed by atoms with Crippen molar-refractivity contribution in [2.24, 2.45) is 0 Å². The number of piperazine rings is 1. The van der Waals surface area contributed by atoms with Gasteiger partial charge in [0.1, 0.15) is 5.60 Å². The number of ether oxygens (including phenoxy) is 2. The normalized spacial score (nSPS) is 16.5. The number of esters is 1. The van der Waals surface area contributed by atoms with Crippen molar-refractivity contribution in [1.29, 1.82) is 0 Å². The molecule has 0 aromatic heterocycles. The zero-order chi connectivity index (χ0) is 16.0. The first-order chi connectivity index (χ1) is 9.73. The van der Waals surface area contributed by atoms with Gasteiger partial charge in [0.05, 0.1) is 6.61 Å². The summed E-state index contributed by atoms with van der Waals surface area (Å²) in [7, 11) is 0. The van der Waals surface area contributed by atoms with Crippen LogP contribution in [0.2, 0.25) is 0 Å². The van der Waals surface area contributed by atoms with Crippen LogP contribution in [0.4, 0.5) is 4.79 Å². The molecule has 1 amide bonds. The molecule has 1 saturated heterocycles. The minimum absolute atomic E-state index is 0.286. The molecule has 6 nitrogen and oxygen atoms in total. The third-order valence-corrected chi connectivity index (χ3v) is 3.00. The summed E-state index contributed by atoms with van der Waals surface area (Å²) >= 11 is 0. The summed E-state index contributed by atoms with van der Waals surface area (Å²) < 4.78 is 10.3. The van der Waals surface area contributed by atoms with E-state index in [1.807, 2.05) is 20.8 Å². The van der Waals surface area contributed by atoms with Gasteiger partial charge >= 0.3 is 12.1 Å². The first kappa shape index (κ1) is 17.5. The molecule has 1 fully saturated rings. The maximum atomic E-state index is 11.9. The molecule has 0 saturated carbocycles. The van der Waals surface area contributed by atoms with E-state index in [-0.39, 0.29) is 12.1 Å². The Labute approximate surface area is 126 Å². The average molecular weight is 298 g/mol. The van der Waals surface area contributed by atoms with Gasteiger partial charge in [-0.3, -0.25) is 4.90 Å². The van der Waals surface area contributed by atoms with Gasteiger partial charge in [0.25, 0.3) is 0 Å². The quantitative estimate of drug-likeness (QED) is 0.583. The second-order valence-corrected chi connectivity index (χ2v) is 6.07. The summed E-state index contributed by atoms with van der Waals surface area (Å²) in [6, 6.07) is 0. The fraction of sp³-hybridized carbons (Fsp3) is 0.733. The van der Waals surface area contributed by atoms with Crippen LogP contribution in [0.5, 0.6) is 0 Å². The molecule has 0 atom stereocenters. The van der Waals surface area contributed by atoms with Gasteiger partial charge < -0.3 is 14.4 Å². The first-order valence-corrected chi connectivity index (χ1v) is 7.28. The third-order valence-electron chi connectivity index (χ3n) is 3.00. The minimum atomic E-state index is -0.480. The zero-order valence-corrected chi connectivity index (χ0v) is 13.5. The molecule has 0 radical (unpaired) electrons. The standard InChI is InChI=1S/C15H26N2O4/c1-6-20-13(18)12(2)11-16-7-9-17(10-8-16)14(19)21-15(3,4)5/h2,6-11H2,1,3-5H3. The fourth-order valence-corrected chi connectivity index (χ4v) is 1.98. The van der Waals surface area contributed by atoms with Crippen molar-refractivity contribution in [2.45, 2.75) is 33.3 Å². The van der Waals surface area contributed by atoms with E-state index in [1.54, 1.807) is 11.8 Å². The Kier molecular flexibility index (Phi) is 6.20. The van der Waals surface area contributed by atoms with Crippen LogP contribution in [0.1, 0.15) is 27.7 Å². The van der Waals surface area contributed by atoms with Crippen molar-refractivity contribution in [3.63, 3.8) is 0 Å². The van der Waals surface area contributed by atoms with Crippen molar-refractivity contribution in [1.82, 2.24) is 9.80 Å². The SMILES string of the molecule is C=C(CN1CCN(C(=O)OC(C)(C)C)CC1)C(=O)OCC. The Bertz CT molecular complexity index is 393. The molecule has 0 aliphatic carbocycles. The van der Waals surface area contributed by atoms with Gasteiger partial charge in [0.15, 0.2) is 0 Å². The molecule has 0 N–H and O–H groups in total. The van der Waals surface area contributed by atoms with Crippen LogP contribution in [0.15, 0.2) is 12.2 Å². The van der Waals surface area contributed by atoms with E-state index in [1.165, 1.54) is 0 Å². The summed E-state index contributed by atoms with van der Waals surface area (Å²) in [4.78, 5) is 27.2. The first-order valence-electron chi connectivity index (χ1n) is 7.28. The van der Waals surface area contributed by atoms with Gasteiger partial charge in [-0.05, 0) is 27.7 Å². The Morgan fingerprint density at radius 1 is 1.14 bits per heavy atom. The summed E-state index contributed by atoms with van der Waals surface area (Å²) in [6.07, 6.45) is -0.286. The Morgan fingerprint density at radius 3 is 2.19 bits per heavy atom. The molecule has 0 aromatic rings. The lowest BCUT2D eigenvalue weighted by Gasteiger charge is -2.35. The van der Waals surface area contributed by atoms with E-state index in [4.69, 9.17) is 9.47 Å². The number of carbonyl (C=O) groups is 2. The summed E-state index contributed by atoms with van der Waals surface area (Å²) in [5.41, 5.74) is -0.0329. The highest BCUT2D eigenvalue weighted by Gasteiger charge is 2.26. The van der Waals surface area contributed by atoms with Crippen molar-refractivity contribution in [3.05, 3.63) is 12.2 Å². The number of rotatable bonds is 4. The molecule has 6 heteroatoms. The summed E-state index contributed by atoms with van der Waals surface area (Å²) in [6.45, 7) is 14.5. The van der Waals surface area contributed by atoms with E-state index in [0.717, 1.165) is 0 Å². The number of nitrogens with zero attached hydrogens (tertiary/aromatic N) is 2. The van der Waals surface area contributed by atoms with Gasteiger partial charge in [0, 0.05) is 38.3 Å². The van der Waals surface area contributed by atoms with Gasteiger partial charge in [0.2, 0.25) is 0 Å². The molecule has 0 bridgehead atoms. The molecule has 1 aliphatic rings. The summed E-state index contributed by atoms with van der Waals surface area (Å²) in [5, 5.41) is 0.